The van der Waals surface area contributed by atoms with Gasteiger partial charge in [0.25, 0.3) is 5.91 Å². The van der Waals surface area contributed by atoms with Crippen molar-refractivity contribution in [2.24, 2.45) is 0 Å². The van der Waals surface area contributed by atoms with Crippen molar-refractivity contribution in [1.29, 1.82) is 0 Å². The van der Waals surface area contributed by atoms with E-state index in [0.717, 1.165) is 12.1 Å². The van der Waals surface area contributed by atoms with E-state index in [2.05, 4.69) is 5.32 Å². The maximum Gasteiger partial charge on any atom is 0.416 e. The minimum atomic E-state index is -4.41. The molecule has 134 valence electrons. The molecule has 2 aromatic carbocycles. The minimum Gasteiger partial charge on any atom is -0.497 e. The van der Waals surface area contributed by atoms with E-state index in [9.17, 15) is 18.0 Å². The van der Waals surface area contributed by atoms with E-state index in [-0.39, 0.29) is 6.54 Å². The van der Waals surface area contributed by atoms with E-state index in [0.29, 0.717) is 17.1 Å². The summed E-state index contributed by atoms with van der Waals surface area (Å²) in [7, 11) is 1.52. The van der Waals surface area contributed by atoms with Gasteiger partial charge >= 0.3 is 6.18 Å². The molecule has 1 amide bonds. The third-order valence-corrected chi connectivity index (χ3v) is 3.44. The lowest BCUT2D eigenvalue weighted by Crippen LogP contribution is -2.35. The van der Waals surface area contributed by atoms with Crippen LogP contribution in [0.1, 0.15) is 18.1 Å². The van der Waals surface area contributed by atoms with Gasteiger partial charge in [0.1, 0.15) is 11.5 Å². The first-order chi connectivity index (χ1) is 11.8. The Morgan fingerprint density at radius 3 is 2.48 bits per heavy atom. The summed E-state index contributed by atoms with van der Waals surface area (Å²) in [6, 6.07) is 11.6. The molecule has 0 radical (unpaired) electrons. The highest BCUT2D eigenvalue weighted by molar-refractivity contribution is 5.80. The number of hydrogen-bond donors (Lipinski definition) is 1. The van der Waals surface area contributed by atoms with Gasteiger partial charge in [0.15, 0.2) is 6.10 Å². The number of hydrogen-bond acceptors (Lipinski definition) is 3. The largest absolute Gasteiger partial charge is 0.497 e. The number of ether oxygens (including phenoxy) is 2. The van der Waals surface area contributed by atoms with Crippen LogP contribution in [0.3, 0.4) is 0 Å². The Morgan fingerprint density at radius 1 is 1.12 bits per heavy atom. The molecule has 0 aromatic heterocycles. The van der Waals surface area contributed by atoms with Crippen molar-refractivity contribution in [3.05, 3.63) is 59.7 Å². The Bertz CT molecular complexity index is 732. The summed E-state index contributed by atoms with van der Waals surface area (Å²) in [5.41, 5.74) is -0.392. The van der Waals surface area contributed by atoms with Gasteiger partial charge in [-0.05, 0) is 36.8 Å². The molecule has 0 aliphatic heterocycles. The van der Waals surface area contributed by atoms with E-state index in [1.165, 1.54) is 19.2 Å². The zero-order chi connectivity index (χ0) is 18.4. The van der Waals surface area contributed by atoms with Crippen LogP contribution in [0.25, 0.3) is 0 Å². The highest BCUT2D eigenvalue weighted by atomic mass is 19.4. The molecule has 0 fully saturated rings. The molecule has 2 rings (SSSR count). The average Bonchev–Trinajstić information content (AvgIpc) is 2.59. The van der Waals surface area contributed by atoms with Crippen molar-refractivity contribution in [3.63, 3.8) is 0 Å². The van der Waals surface area contributed by atoms with E-state index < -0.39 is 23.8 Å². The van der Waals surface area contributed by atoms with Gasteiger partial charge in [-0.15, -0.1) is 0 Å². The van der Waals surface area contributed by atoms with Crippen molar-refractivity contribution in [2.45, 2.75) is 25.7 Å². The van der Waals surface area contributed by atoms with Crippen molar-refractivity contribution in [3.8, 4) is 11.5 Å². The van der Waals surface area contributed by atoms with Crippen LogP contribution in [0.5, 0.6) is 11.5 Å². The standard InChI is InChI=1S/C18H18F3NO3/c1-12(25-16-8-4-7-15(10-16)24-2)17(23)22-11-13-5-3-6-14(9-13)18(19,20)21/h3-10,12H,11H2,1-2H3,(H,22,23)/t12-/m0/s1. The van der Waals surface area contributed by atoms with Crippen LogP contribution in [0.4, 0.5) is 13.2 Å². The predicted molar refractivity (Wildman–Crippen MR) is 86.4 cm³/mol. The summed E-state index contributed by atoms with van der Waals surface area (Å²) in [4.78, 5) is 12.1. The lowest BCUT2D eigenvalue weighted by molar-refractivity contribution is -0.137. The van der Waals surface area contributed by atoms with Crippen molar-refractivity contribution < 1.29 is 27.4 Å². The number of amides is 1. The molecule has 25 heavy (non-hydrogen) atoms. The van der Waals surface area contributed by atoms with Crippen molar-refractivity contribution in [1.82, 2.24) is 5.32 Å². The van der Waals surface area contributed by atoms with Crippen molar-refractivity contribution >= 4 is 5.91 Å². The Morgan fingerprint density at radius 2 is 1.80 bits per heavy atom. The van der Waals surface area contributed by atoms with Gasteiger partial charge < -0.3 is 14.8 Å². The zero-order valence-electron chi connectivity index (χ0n) is 13.8. The average molecular weight is 353 g/mol. The molecule has 0 aliphatic rings. The number of nitrogens with one attached hydrogen (secondary N) is 1. The van der Waals surface area contributed by atoms with E-state index >= 15 is 0 Å². The van der Waals surface area contributed by atoms with E-state index in [4.69, 9.17) is 9.47 Å². The lowest BCUT2D eigenvalue weighted by Gasteiger charge is -2.15. The fraction of sp³-hybridized carbons (Fsp3) is 0.278. The highest BCUT2D eigenvalue weighted by Crippen LogP contribution is 2.29. The lowest BCUT2D eigenvalue weighted by atomic mass is 10.1. The molecule has 2 aromatic rings. The molecule has 0 aliphatic carbocycles. The number of carbonyl (C=O) groups is 1. The molecule has 1 N–H and O–H groups in total. The fourth-order valence-corrected chi connectivity index (χ4v) is 2.12. The van der Waals surface area contributed by atoms with E-state index in [1.54, 1.807) is 31.2 Å². The van der Waals surface area contributed by atoms with Crippen LogP contribution in [-0.2, 0) is 17.5 Å². The fourth-order valence-electron chi connectivity index (χ4n) is 2.12. The molecule has 0 heterocycles. The first-order valence-corrected chi connectivity index (χ1v) is 7.54. The monoisotopic (exact) mass is 353 g/mol. The summed E-state index contributed by atoms with van der Waals surface area (Å²) >= 11 is 0. The molecular weight excluding hydrogens is 335 g/mol. The van der Waals surface area contributed by atoms with E-state index in [1.807, 2.05) is 0 Å². The highest BCUT2D eigenvalue weighted by Gasteiger charge is 2.30. The van der Waals surface area contributed by atoms with Crippen LogP contribution in [0.2, 0.25) is 0 Å². The maximum atomic E-state index is 12.7. The summed E-state index contributed by atoms with van der Waals surface area (Å²) in [6.45, 7) is 1.54. The summed E-state index contributed by atoms with van der Waals surface area (Å²) < 4.78 is 48.6. The molecule has 4 nitrogen and oxygen atoms in total. The van der Waals surface area contributed by atoms with Gasteiger partial charge in [-0.3, -0.25) is 4.79 Å². The molecule has 0 bridgehead atoms. The number of halogens is 3. The van der Waals surface area contributed by atoms with Crippen LogP contribution in [0, 0.1) is 0 Å². The van der Waals surface area contributed by atoms with Crippen LogP contribution >= 0.6 is 0 Å². The second-order valence-electron chi connectivity index (χ2n) is 5.36. The van der Waals surface area contributed by atoms with Gasteiger partial charge in [0, 0.05) is 12.6 Å². The first-order valence-electron chi connectivity index (χ1n) is 7.54. The number of alkyl halides is 3. The van der Waals surface area contributed by atoms with Crippen molar-refractivity contribution in [2.75, 3.05) is 7.11 Å². The number of carbonyl (C=O) groups excluding carboxylic acids is 1. The SMILES string of the molecule is COc1cccc(O[C@@H](C)C(=O)NCc2cccc(C(F)(F)F)c2)c1. The molecule has 1 atom stereocenters. The van der Waals surface area contributed by atoms with Gasteiger partial charge in [0.05, 0.1) is 12.7 Å². The number of rotatable bonds is 6. The Balaban J connectivity index is 1.93. The topological polar surface area (TPSA) is 47.6 Å². The summed E-state index contributed by atoms with van der Waals surface area (Å²) in [6.07, 6.45) is -5.22. The Kier molecular flexibility index (Phi) is 5.90. The zero-order valence-corrected chi connectivity index (χ0v) is 13.8. The Labute approximate surface area is 143 Å². The molecule has 0 unspecified atom stereocenters. The minimum absolute atomic E-state index is 0.0193. The van der Waals surface area contributed by atoms with Gasteiger partial charge in [-0.25, -0.2) is 0 Å². The normalized spacial score (nSPS) is 12.4. The molecule has 0 spiro atoms. The molecule has 7 heteroatoms. The third-order valence-electron chi connectivity index (χ3n) is 3.44. The van der Waals surface area contributed by atoms with Crippen LogP contribution in [-0.4, -0.2) is 19.1 Å². The maximum absolute atomic E-state index is 12.7. The third kappa shape index (κ3) is 5.41. The second kappa shape index (κ2) is 7.92. The van der Waals surface area contributed by atoms with Gasteiger partial charge in [-0.2, -0.15) is 13.2 Å². The number of benzene rings is 2. The van der Waals surface area contributed by atoms with Crippen LogP contribution in [0.15, 0.2) is 48.5 Å². The second-order valence-corrected chi connectivity index (χ2v) is 5.36. The molecular formula is C18H18F3NO3. The Hall–Kier alpha value is -2.70. The smallest absolute Gasteiger partial charge is 0.416 e. The predicted octanol–water partition coefficient (Wildman–Crippen LogP) is 3.80. The quantitative estimate of drug-likeness (QED) is 0.859. The molecule has 0 saturated carbocycles. The summed E-state index contributed by atoms with van der Waals surface area (Å²) in [5, 5.41) is 2.56. The van der Waals surface area contributed by atoms with Gasteiger partial charge in [0.2, 0.25) is 0 Å². The van der Waals surface area contributed by atoms with Crippen LogP contribution < -0.4 is 14.8 Å². The van der Waals surface area contributed by atoms with Gasteiger partial charge in [-0.1, -0.05) is 18.2 Å². The summed E-state index contributed by atoms with van der Waals surface area (Å²) in [5.74, 6) is 0.621. The number of methoxy groups -OCH3 is 1. The molecule has 0 saturated heterocycles. The first kappa shape index (κ1) is 18.6.